The predicted octanol–water partition coefficient (Wildman–Crippen LogP) is 5.57. The summed E-state index contributed by atoms with van der Waals surface area (Å²) in [5.41, 5.74) is 3.23. The van der Waals surface area contributed by atoms with Gasteiger partial charge in [-0.15, -0.1) is 0 Å². The Kier molecular flexibility index (Phi) is 7.69. The summed E-state index contributed by atoms with van der Waals surface area (Å²) in [5.74, 6) is 1.03. The molecule has 2 aromatic carbocycles. The molecule has 7 nitrogen and oxygen atoms in total. The molecule has 0 fully saturated rings. The molecule has 192 valence electrons. The normalized spacial score (nSPS) is 15.1. The molecule has 0 saturated carbocycles. The van der Waals surface area contributed by atoms with Crippen molar-refractivity contribution in [1.29, 1.82) is 0 Å². The third-order valence-corrected chi connectivity index (χ3v) is 6.27. The lowest BCUT2D eigenvalue weighted by atomic mass is 9.97. The molecule has 2 heterocycles. The average molecular weight is 494 g/mol. The zero-order valence-electron chi connectivity index (χ0n) is 22.0. The van der Waals surface area contributed by atoms with E-state index >= 15 is 0 Å². The molecule has 1 unspecified atom stereocenters. The van der Waals surface area contributed by atoms with Crippen molar-refractivity contribution in [3.8, 4) is 11.5 Å². The number of rotatable bonds is 10. The molecular formula is C29H35NO6. The van der Waals surface area contributed by atoms with Gasteiger partial charge < -0.3 is 23.5 Å². The highest BCUT2D eigenvalue weighted by atomic mass is 16.5. The number of hydrogen-bond acceptors (Lipinski definition) is 6. The van der Waals surface area contributed by atoms with Gasteiger partial charge in [-0.25, -0.2) is 0 Å². The van der Waals surface area contributed by atoms with Gasteiger partial charge in [0.1, 0.15) is 5.58 Å². The monoisotopic (exact) mass is 493 g/mol. The minimum atomic E-state index is -0.595. The average Bonchev–Trinajstić information content (AvgIpc) is 3.11. The van der Waals surface area contributed by atoms with Crippen LogP contribution in [0.15, 0.2) is 39.5 Å². The van der Waals surface area contributed by atoms with Gasteiger partial charge in [0.15, 0.2) is 16.9 Å². The minimum absolute atomic E-state index is 0.104. The van der Waals surface area contributed by atoms with Gasteiger partial charge in [-0.3, -0.25) is 9.59 Å². The quantitative estimate of drug-likeness (QED) is 0.344. The van der Waals surface area contributed by atoms with Crippen molar-refractivity contribution >= 4 is 16.9 Å². The van der Waals surface area contributed by atoms with Gasteiger partial charge in [0.25, 0.3) is 5.91 Å². The van der Waals surface area contributed by atoms with Crippen LogP contribution in [0.1, 0.15) is 73.0 Å². The number of benzene rings is 2. The van der Waals surface area contributed by atoms with Gasteiger partial charge in [0.05, 0.1) is 36.3 Å². The van der Waals surface area contributed by atoms with E-state index in [0.29, 0.717) is 60.8 Å². The van der Waals surface area contributed by atoms with Gasteiger partial charge in [0, 0.05) is 13.2 Å². The molecule has 0 bridgehead atoms. The maximum Gasteiger partial charge on any atom is 0.290 e. The lowest BCUT2D eigenvalue weighted by molar-refractivity contribution is 0.0593. The zero-order chi connectivity index (χ0) is 26.0. The third kappa shape index (κ3) is 4.85. The number of amides is 1. The first-order chi connectivity index (χ1) is 17.3. The van der Waals surface area contributed by atoms with E-state index in [1.807, 2.05) is 71.9 Å². The van der Waals surface area contributed by atoms with Crippen molar-refractivity contribution in [1.82, 2.24) is 4.90 Å². The van der Waals surface area contributed by atoms with E-state index in [0.717, 1.165) is 16.7 Å². The summed E-state index contributed by atoms with van der Waals surface area (Å²) in [6, 6.07) is 8.79. The molecule has 36 heavy (non-hydrogen) atoms. The second-order valence-corrected chi connectivity index (χ2v) is 9.38. The van der Waals surface area contributed by atoms with E-state index in [4.69, 9.17) is 18.6 Å². The molecule has 1 amide bonds. The standard InChI is InChI=1S/C29H35NO6/c1-7-33-22-11-10-20(16-23(22)34-8-2)25-24-26(31)21-15-18(5)14-19(6)27(21)36-28(24)29(32)30(25)12-9-13-35-17(3)4/h10-11,14-17,25H,7-9,12-13H2,1-6H3. The Morgan fingerprint density at radius 2 is 1.72 bits per heavy atom. The lowest BCUT2D eigenvalue weighted by Gasteiger charge is -2.26. The number of carbonyl (C=O) groups is 1. The van der Waals surface area contributed by atoms with Gasteiger partial charge >= 0.3 is 0 Å². The SMILES string of the molecule is CCOc1ccc(C2c3c(oc4c(C)cc(C)cc4c3=O)C(=O)N2CCCOC(C)C)cc1OCC. The van der Waals surface area contributed by atoms with Crippen LogP contribution in [0.2, 0.25) is 0 Å². The Balaban J connectivity index is 1.87. The molecule has 1 aliphatic rings. The van der Waals surface area contributed by atoms with Crippen LogP contribution in [-0.2, 0) is 4.74 Å². The van der Waals surface area contributed by atoms with Crippen molar-refractivity contribution in [2.24, 2.45) is 0 Å². The molecule has 1 atom stereocenters. The Bertz CT molecular complexity index is 1330. The molecule has 1 aliphatic heterocycles. The molecular weight excluding hydrogens is 458 g/mol. The fourth-order valence-electron chi connectivity index (χ4n) is 4.84. The van der Waals surface area contributed by atoms with Crippen LogP contribution in [0.5, 0.6) is 11.5 Å². The van der Waals surface area contributed by atoms with Crippen molar-refractivity contribution < 1.29 is 23.4 Å². The van der Waals surface area contributed by atoms with Gasteiger partial charge in [-0.05, 0) is 82.9 Å². The second kappa shape index (κ2) is 10.7. The van der Waals surface area contributed by atoms with Crippen molar-refractivity contribution in [3.05, 3.63) is 68.6 Å². The molecule has 0 spiro atoms. The van der Waals surface area contributed by atoms with E-state index < -0.39 is 6.04 Å². The van der Waals surface area contributed by atoms with Crippen LogP contribution in [0, 0.1) is 13.8 Å². The molecule has 0 aliphatic carbocycles. The van der Waals surface area contributed by atoms with Gasteiger partial charge in [-0.1, -0.05) is 12.1 Å². The first-order valence-electron chi connectivity index (χ1n) is 12.7. The van der Waals surface area contributed by atoms with E-state index in [1.165, 1.54) is 0 Å². The van der Waals surface area contributed by atoms with E-state index in [1.54, 1.807) is 4.90 Å². The first-order valence-corrected chi connectivity index (χ1v) is 12.7. The maximum atomic E-state index is 13.9. The molecule has 0 saturated heterocycles. The summed E-state index contributed by atoms with van der Waals surface area (Å²) >= 11 is 0. The Labute approximate surface area is 212 Å². The van der Waals surface area contributed by atoms with Crippen LogP contribution in [0.3, 0.4) is 0 Å². The maximum absolute atomic E-state index is 13.9. The van der Waals surface area contributed by atoms with Crippen molar-refractivity contribution in [2.75, 3.05) is 26.4 Å². The summed E-state index contributed by atoms with van der Waals surface area (Å²) in [6.07, 6.45) is 0.738. The zero-order valence-corrected chi connectivity index (χ0v) is 22.0. The van der Waals surface area contributed by atoms with Crippen LogP contribution in [0.25, 0.3) is 11.0 Å². The van der Waals surface area contributed by atoms with Gasteiger partial charge in [0.2, 0.25) is 5.76 Å². The molecule has 7 heteroatoms. The van der Waals surface area contributed by atoms with Crippen LogP contribution >= 0.6 is 0 Å². The second-order valence-electron chi connectivity index (χ2n) is 9.38. The number of carbonyl (C=O) groups excluding carboxylic acids is 1. The van der Waals surface area contributed by atoms with Crippen LogP contribution < -0.4 is 14.9 Å². The summed E-state index contributed by atoms with van der Waals surface area (Å²) in [4.78, 5) is 29.3. The highest BCUT2D eigenvalue weighted by Crippen LogP contribution is 2.41. The predicted molar refractivity (Wildman–Crippen MR) is 139 cm³/mol. The summed E-state index contributed by atoms with van der Waals surface area (Å²) in [6.45, 7) is 13.5. The largest absolute Gasteiger partial charge is 0.490 e. The fraction of sp³-hybridized carbons (Fsp3) is 0.448. The number of hydrogen-bond donors (Lipinski definition) is 0. The molecule has 1 aromatic heterocycles. The highest BCUT2D eigenvalue weighted by Gasteiger charge is 2.43. The number of fused-ring (bicyclic) bond motifs is 2. The van der Waals surface area contributed by atoms with Crippen molar-refractivity contribution in [3.63, 3.8) is 0 Å². The molecule has 0 radical (unpaired) electrons. The lowest BCUT2D eigenvalue weighted by Crippen LogP contribution is -2.31. The van der Waals surface area contributed by atoms with Crippen LogP contribution in [0.4, 0.5) is 0 Å². The Morgan fingerprint density at radius 1 is 1.00 bits per heavy atom. The highest BCUT2D eigenvalue weighted by molar-refractivity contribution is 5.99. The smallest absolute Gasteiger partial charge is 0.290 e. The number of nitrogens with zero attached hydrogens (tertiary/aromatic N) is 1. The Morgan fingerprint density at radius 3 is 2.42 bits per heavy atom. The number of aryl methyl sites for hydroxylation is 2. The first kappa shape index (κ1) is 25.8. The topological polar surface area (TPSA) is 78.2 Å². The minimum Gasteiger partial charge on any atom is -0.490 e. The van der Waals surface area contributed by atoms with Gasteiger partial charge in [-0.2, -0.15) is 0 Å². The summed E-state index contributed by atoms with van der Waals surface area (Å²) < 4.78 is 23.5. The summed E-state index contributed by atoms with van der Waals surface area (Å²) in [7, 11) is 0. The fourth-order valence-corrected chi connectivity index (χ4v) is 4.84. The third-order valence-electron chi connectivity index (χ3n) is 6.27. The van der Waals surface area contributed by atoms with Crippen LogP contribution in [-0.4, -0.2) is 43.3 Å². The molecule has 3 aromatic rings. The molecule has 0 N–H and O–H groups in total. The van der Waals surface area contributed by atoms with Crippen molar-refractivity contribution in [2.45, 2.75) is 60.1 Å². The summed E-state index contributed by atoms with van der Waals surface area (Å²) in [5, 5.41) is 0.491. The number of ether oxygens (including phenoxy) is 3. The van der Waals surface area contributed by atoms with E-state index in [2.05, 4.69) is 0 Å². The Hall–Kier alpha value is -3.32. The van der Waals surface area contributed by atoms with E-state index in [9.17, 15) is 9.59 Å². The molecule has 4 rings (SSSR count). The van der Waals surface area contributed by atoms with E-state index in [-0.39, 0.29) is 23.2 Å².